The smallest absolute Gasteiger partial charge is 0.0270 e. The van der Waals surface area contributed by atoms with Gasteiger partial charge in [0.25, 0.3) is 0 Å². The lowest BCUT2D eigenvalue weighted by molar-refractivity contribution is 1.29. The molecule has 62 valence electrons. The molecule has 0 aliphatic carbocycles. The first kappa shape index (κ1) is 12.6. The van der Waals surface area contributed by atoms with E-state index in [0.717, 1.165) is 0 Å². The molecule has 0 radical (unpaired) electrons. The average molecular weight is 151 g/mol. The lowest BCUT2D eigenvalue weighted by atomic mass is 10.3. The van der Waals surface area contributed by atoms with Crippen LogP contribution < -0.4 is 0 Å². The van der Waals surface area contributed by atoms with Crippen molar-refractivity contribution in [3.05, 3.63) is 43.2 Å². The van der Waals surface area contributed by atoms with E-state index in [4.69, 9.17) is 0 Å². The van der Waals surface area contributed by atoms with Crippen molar-refractivity contribution >= 4 is 0 Å². The third-order valence-electron chi connectivity index (χ3n) is 0.847. The molecule has 0 atom stereocenters. The molecular weight excluding hydrogens is 134 g/mol. The van der Waals surface area contributed by atoms with Gasteiger partial charge < -0.3 is 0 Å². The molecule has 1 nitrogen and oxygen atoms in total. The maximum Gasteiger partial charge on any atom is 0.0270 e. The molecule has 0 saturated carbocycles. The van der Waals surface area contributed by atoms with Gasteiger partial charge in [0.15, 0.2) is 0 Å². The van der Waals surface area contributed by atoms with Gasteiger partial charge in [-0.3, -0.25) is 4.98 Å². The molecule has 1 heterocycles. The van der Waals surface area contributed by atoms with Crippen molar-refractivity contribution in [2.24, 2.45) is 0 Å². The molecule has 0 aromatic carbocycles. The molecule has 1 aromatic rings. The van der Waals surface area contributed by atoms with Crippen molar-refractivity contribution in [2.75, 3.05) is 0 Å². The maximum atomic E-state index is 3.85. The summed E-state index contributed by atoms with van der Waals surface area (Å²) in [5, 5.41) is 0. The summed E-state index contributed by atoms with van der Waals surface area (Å²) in [6, 6.07) is 3.94. The summed E-state index contributed by atoms with van der Waals surface area (Å²) < 4.78 is 0. The second kappa shape index (κ2) is 11.7. The number of pyridine rings is 1. The van der Waals surface area contributed by atoms with Gasteiger partial charge in [0.1, 0.15) is 0 Å². The Balaban J connectivity index is 0. The van der Waals surface area contributed by atoms with Crippen LogP contribution in [-0.2, 0) is 0 Å². The lowest BCUT2D eigenvalue weighted by Crippen LogP contribution is -1.68. The van der Waals surface area contributed by atoms with Crippen molar-refractivity contribution in [1.29, 1.82) is 0 Å². The summed E-state index contributed by atoms with van der Waals surface area (Å²) >= 11 is 0. The summed E-state index contributed by atoms with van der Waals surface area (Å²) in [5.41, 5.74) is 1.26. The van der Waals surface area contributed by atoms with Gasteiger partial charge in [0.05, 0.1) is 0 Å². The standard InChI is InChI=1S/C6H7N.C2H6.C2H4/c1-6-2-4-7-5-3-6;2*1-2/h2-5H,1H3;1-2H3;1-2H2. The van der Waals surface area contributed by atoms with Gasteiger partial charge in [-0.25, -0.2) is 0 Å². The van der Waals surface area contributed by atoms with E-state index in [9.17, 15) is 0 Å². The largest absolute Gasteiger partial charge is 0.265 e. The average Bonchev–Trinajstić information content (AvgIpc) is 2.13. The molecule has 0 unspecified atom stereocenters. The highest BCUT2D eigenvalue weighted by Gasteiger charge is 1.72. The zero-order valence-corrected chi connectivity index (χ0v) is 7.67. The number of hydrogen-bond acceptors (Lipinski definition) is 1. The Morgan fingerprint density at radius 3 is 1.64 bits per heavy atom. The van der Waals surface area contributed by atoms with E-state index in [1.165, 1.54) is 5.56 Å². The van der Waals surface area contributed by atoms with Crippen LogP contribution in [0, 0.1) is 6.92 Å². The van der Waals surface area contributed by atoms with E-state index >= 15 is 0 Å². The van der Waals surface area contributed by atoms with Crippen LogP contribution in [-0.4, -0.2) is 4.98 Å². The Bertz CT molecular complexity index is 146. The highest BCUT2D eigenvalue weighted by molar-refractivity contribution is 5.05. The number of rotatable bonds is 0. The number of aryl methyl sites for hydroxylation is 1. The zero-order valence-electron chi connectivity index (χ0n) is 7.67. The van der Waals surface area contributed by atoms with Crippen LogP contribution >= 0.6 is 0 Å². The number of hydrogen-bond donors (Lipinski definition) is 0. The summed E-state index contributed by atoms with van der Waals surface area (Å²) in [6.45, 7) is 12.0. The SMILES string of the molecule is C=C.CC.Cc1ccncc1. The molecule has 0 aliphatic rings. The molecule has 0 fully saturated rings. The van der Waals surface area contributed by atoms with Crippen LogP contribution in [0.1, 0.15) is 19.4 Å². The van der Waals surface area contributed by atoms with Crippen molar-refractivity contribution in [2.45, 2.75) is 20.8 Å². The van der Waals surface area contributed by atoms with E-state index < -0.39 is 0 Å². The highest BCUT2D eigenvalue weighted by Crippen LogP contribution is 1.88. The molecule has 0 aliphatic heterocycles. The Kier molecular flexibility index (Phi) is 13.3. The van der Waals surface area contributed by atoms with Crippen molar-refractivity contribution < 1.29 is 0 Å². The second-order valence-corrected chi connectivity index (χ2v) is 1.52. The fourth-order valence-electron chi connectivity index (χ4n) is 0.426. The summed E-state index contributed by atoms with van der Waals surface area (Å²) in [5.74, 6) is 0. The molecule has 0 spiro atoms. The van der Waals surface area contributed by atoms with Gasteiger partial charge in [-0.2, -0.15) is 0 Å². The van der Waals surface area contributed by atoms with Gasteiger partial charge in [-0.1, -0.05) is 13.8 Å². The van der Waals surface area contributed by atoms with Gasteiger partial charge in [0, 0.05) is 12.4 Å². The minimum atomic E-state index is 1.26. The summed E-state index contributed by atoms with van der Waals surface area (Å²) in [4.78, 5) is 3.85. The van der Waals surface area contributed by atoms with Crippen LogP contribution in [0.15, 0.2) is 37.7 Å². The quantitative estimate of drug-likeness (QED) is 0.519. The first-order valence-corrected chi connectivity index (χ1v) is 3.76. The first-order chi connectivity index (χ1) is 5.39. The van der Waals surface area contributed by atoms with E-state index in [1.54, 1.807) is 12.4 Å². The third kappa shape index (κ3) is 8.89. The molecular formula is C10H17N. The van der Waals surface area contributed by atoms with E-state index in [-0.39, 0.29) is 0 Å². The van der Waals surface area contributed by atoms with Gasteiger partial charge in [-0.15, -0.1) is 13.2 Å². The summed E-state index contributed by atoms with van der Waals surface area (Å²) in [7, 11) is 0. The van der Waals surface area contributed by atoms with Gasteiger partial charge in [0.2, 0.25) is 0 Å². The Morgan fingerprint density at radius 2 is 1.45 bits per heavy atom. The molecule has 0 saturated heterocycles. The topological polar surface area (TPSA) is 12.9 Å². The van der Waals surface area contributed by atoms with E-state index in [1.807, 2.05) is 32.9 Å². The monoisotopic (exact) mass is 151 g/mol. The van der Waals surface area contributed by atoms with Crippen LogP contribution in [0.3, 0.4) is 0 Å². The molecule has 0 bridgehead atoms. The Labute approximate surface area is 69.8 Å². The van der Waals surface area contributed by atoms with Crippen molar-refractivity contribution in [3.63, 3.8) is 0 Å². The fraction of sp³-hybridized carbons (Fsp3) is 0.300. The lowest BCUT2D eigenvalue weighted by Gasteiger charge is -1.82. The van der Waals surface area contributed by atoms with Gasteiger partial charge >= 0.3 is 0 Å². The van der Waals surface area contributed by atoms with Crippen LogP contribution in [0.4, 0.5) is 0 Å². The number of aromatic nitrogens is 1. The highest BCUT2D eigenvalue weighted by atomic mass is 14.6. The molecule has 1 rings (SSSR count). The van der Waals surface area contributed by atoms with Crippen LogP contribution in [0.2, 0.25) is 0 Å². The Hall–Kier alpha value is -1.11. The van der Waals surface area contributed by atoms with Gasteiger partial charge in [-0.05, 0) is 24.6 Å². The minimum Gasteiger partial charge on any atom is -0.265 e. The molecule has 0 N–H and O–H groups in total. The Morgan fingerprint density at radius 1 is 1.09 bits per heavy atom. The fourth-order valence-corrected chi connectivity index (χ4v) is 0.426. The van der Waals surface area contributed by atoms with E-state index in [2.05, 4.69) is 18.1 Å². The van der Waals surface area contributed by atoms with Crippen LogP contribution in [0.5, 0.6) is 0 Å². The second-order valence-electron chi connectivity index (χ2n) is 1.52. The normalized spacial score (nSPS) is 6.45. The van der Waals surface area contributed by atoms with Crippen molar-refractivity contribution in [3.8, 4) is 0 Å². The predicted octanol–water partition coefficient (Wildman–Crippen LogP) is 3.22. The first-order valence-electron chi connectivity index (χ1n) is 3.76. The molecule has 1 aromatic heterocycles. The zero-order chi connectivity index (χ0) is 9.11. The predicted molar refractivity (Wildman–Crippen MR) is 51.6 cm³/mol. The number of nitrogens with zero attached hydrogens (tertiary/aromatic N) is 1. The summed E-state index contributed by atoms with van der Waals surface area (Å²) in [6.07, 6.45) is 3.57. The van der Waals surface area contributed by atoms with E-state index in [0.29, 0.717) is 0 Å². The molecule has 0 amide bonds. The maximum absolute atomic E-state index is 3.85. The third-order valence-corrected chi connectivity index (χ3v) is 0.847. The molecule has 1 heteroatoms. The minimum absolute atomic E-state index is 1.26. The molecule has 11 heavy (non-hydrogen) atoms. The van der Waals surface area contributed by atoms with Crippen LogP contribution in [0.25, 0.3) is 0 Å². The van der Waals surface area contributed by atoms with Crippen molar-refractivity contribution in [1.82, 2.24) is 4.98 Å².